The van der Waals surface area contributed by atoms with Gasteiger partial charge >= 0.3 is 0 Å². The number of carbonyl (C=O) groups is 3. The molecule has 1 aromatic carbocycles. The fraction of sp³-hybridized carbons (Fsp3) is 0.577. The van der Waals surface area contributed by atoms with Gasteiger partial charge in [-0.3, -0.25) is 14.4 Å². The molecular formula is C26H35IN2O9. The van der Waals surface area contributed by atoms with E-state index in [2.05, 4.69) is 5.32 Å². The van der Waals surface area contributed by atoms with E-state index >= 15 is 0 Å². The van der Waals surface area contributed by atoms with Crippen LogP contribution in [0.3, 0.4) is 0 Å². The van der Waals surface area contributed by atoms with Gasteiger partial charge in [0.05, 0.1) is 36.0 Å². The maximum atomic E-state index is 13.2. The zero-order valence-electron chi connectivity index (χ0n) is 21.5. The lowest BCUT2D eigenvalue weighted by Crippen LogP contribution is -2.57. The third-order valence-corrected chi connectivity index (χ3v) is 7.39. The number of benzene rings is 1. The van der Waals surface area contributed by atoms with E-state index in [1.54, 1.807) is 19.1 Å². The molecule has 1 heterocycles. The van der Waals surface area contributed by atoms with Gasteiger partial charge in [0.25, 0.3) is 5.91 Å². The Hall–Kier alpha value is -2.26. The van der Waals surface area contributed by atoms with E-state index in [0.717, 1.165) is 6.42 Å². The molecule has 2 amide bonds. The van der Waals surface area contributed by atoms with Gasteiger partial charge in [-0.05, 0) is 59.2 Å². The molecule has 11 nitrogen and oxygen atoms in total. The van der Waals surface area contributed by atoms with Gasteiger partial charge in [-0.25, -0.2) is 0 Å². The first-order valence-electron chi connectivity index (χ1n) is 12.6. The summed E-state index contributed by atoms with van der Waals surface area (Å²) in [6.07, 6.45) is 0.324. The number of methoxy groups -OCH3 is 1. The first kappa shape index (κ1) is 30.3. The molecule has 0 unspecified atom stereocenters. The highest BCUT2D eigenvalue weighted by Gasteiger charge is 2.43. The minimum Gasteiger partial charge on any atom is -0.493 e. The monoisotopic (exact) mass is 646 g/mol. The van der Waals surface area contributed by atoms with Crippen molar-refractivity contribution in [2.24, 2.45) is 0 Å². The van der Waals surface area contributed by atoms with Gasteiger partial charge in [0.2, 0.25) is 11.7 Å². The highest BCUT2D eigenvalue weighted by atomic mass is 127. The van der Waals surface area contributed by atoms with Crippen molar-refractivity contribution in [2.75, 3.05) is 33.4 Å². The van der Waals surface area contributed by atoms with Crippen LogP contribution in [0.1, 0.15) is 38.2 Å². The van der Waals surface area contributed by atoms with E-state index in [9.17, 15) is 24.6 Å². The van der Waals surface area contributed by atoms with Crippen LogP contribution in [0.5, 0.6) is 11.5 Å². The van der Waals surface area contributed by atoms with Crippen LogP contribution in [-0.4, -0.2) is 95.6 Å². The number of hydrogen-bond acceptors (Lipinski definition) is 9. The fourth-order valence-electron chi connectivity index (χ4n) is 4.58. The summed E-state index contributed by atoms with van der Waals surface area (Å²) in [5.41, 5.74) is 0.848. The number of aliphatic hydroxyl groups excluding tert-OH is 3. The molecule has 1 fully saturated rings. The Labute approximate surface area is 235 Å². The highest BCUT2D eigenvalue weighted by Crippen LogP contribution is 2.37. The van der Waals surface area contributed by atoms with Gasteiger partial charge in [0, 0.05) is 38.1 Å². The van der Waals surface area contributed by atoms with Gasteiger partial charge in [0.15, 0.2) is 11.5 Å². The number of carbonyl (C=O) groups excluding carboxylic acids is 3. The SMILES string of the molecule is CCC(=O)C(=O)N(C[C@@H]1CCCO1)[C@@H]1CC(C(=O)NCCO)=C[C@H](Oc2c(I)cc(CO)cc2OC)[C@H]1O. The molecule has 1 saturated heterocycles. The Balaban J connectivity index is 2.01. The average molecular weight is 646 g/mol. The average Bonchev–Trinajstić information content (AvgIpc) is 3.44. The highest BCUT2D eigenvalue weighted by molar-refractivity contribution is 14.1. The Morgan fingerprint density at radius 1 is 1.26 bits per heavy atom. The molecule has 0 bridgehead atoms. The molecule has 38 heavy (non-hydrogen) atoms. The van der Waals surface area contributed by atoms with Crippen LogP contribution in [0.4, 0.5) is 0 Å². The lowest BCUT2D eigenvalue weighted by molar-refractivity contribution is -0.150. The van der Waals surface area contributed by atoms with Crippen LogP contribution >= 0.6 is 22.6 Å². The topological polar surface area (TPSA) is 155 Å². The number of rotatable bonds is 12. The van der Waals surface area contributed by atoms with Gasteiger partial charge < -0.3 is 39.7 Å². The smallest absolute Gasteiger partial charge is 0.290 e. The number of amides is 2. The van der Waals surface area contributed by atoms with E-state index in [0.29, 0.717) is 33.7 Å². The molecular weight excluding hydrogens is 611 g/mol. The second-order valence-corrected chi connectivity index (χ2v) is 10.3. The van der Waals surface area contributed by atoms with Gasteiger partial charge in [-0.15, -0.1) is 0 Å². The largest absolute Gasteiger partial charge is 0.493 e. The van der Waals surface area contributed by atoms with Crippen molar-refractivity contribution in [3.63, 3.8) is 0 Å². The Morgan fingerprint density at radius 3 is 2.63 bits per heavy atom. The molecule has 210 valence electrons. The predicted molar refractivity (Wildman–Crippen MR) is 145 cm³/mol. The summed E-state index contributed by atoms with van der Waals surface area (Å²) in [4.78, 5) is 39.9. The van der Waals surface area contributed by atoms with E-state index < -0.39 is 35.8 Å². The Morgan fingerprint density at radius 2 is 2.03 bits per heavy atom. The van der Waals surface area contributed by atoms with Crippen molar-refractivity contribution in [3.05, 3.63) is 32.9 Å². The molecule has 4 atom stereocenters. The lowest BCUT2D eigenvalue weighted by atomic mass is 9.87. The molecule has 4 N–H and O–H groups in total. The third-order valence-electron chi connectivity index (χ3n) is 6.59. The van der Waals surface area contributed by atoms with E-state index in [1.807, 2.05) is 22.6 Å². The second-order valence-electron chi connectivity index (χ2n) is 9.15. The van der Waals surface area contributed by atoms with Crippen LogP contribution in [0.25, 0.3) is 0 Å². The third kappa shape index (κ3) is 7.23. The summed E-state index contributed by atoms with van der Waals surface area (Å²) in [6.45, 7) is 1.79. The number of Topliss-reactive ketones (excluding diaryl/α,β-unsaturated/α-hetero) is 1. The summed E-state index contributed by atoms with van der Waals surface area (Å²) in [7, 11) is 1.45. The normalized spacial score (nSPS) is 22.9. The predicted octanol–water partition coefficient (Wildman–Crippen LogP) is 0.694. The second kappa shape index (κ2) is 14.2. The molecule has 1 aliphatic carbocycles. The molecule has 3 rings (SSSR count). The van der Waals surface area contributed by atoms with E-state index in [4.69, 9.17) is 19.3 Å². The minimum atomic E-state index is -1.29. The Bertz CT molecular complexity index is 1040. The number of aliphatic hydroxyl groups is 3. The van der Waals surface area contributed by atoms with Crippen LogP contribution < -0.4 is 14.8 Å². The van der Waals surface area contributed by atoms with Crippen LogP contribution in [0, 0.1) is 3.57 Å². The summed E-state index contributed by atoms with van der Waals surface area (Å²) in [6, 6.07) is 2.36. The molecule has 2 aliphatic rings. The zero-order chi connectivity index (χ0) is 27.8. The van der Waals surface area contributed by atoms with Crippen molar-refractivity contribution in [3.8, 4) is 11.5 Å². The van der Waals surface area contributed by atoms with Crippen molar-refractivity contribution >= 4 is 40.2 Å². The van der Waals surface area contributed by atoms with Crippen molar-refractivity contribution in [1.82, 2.24) is 10.2 Å². The molecule has 12 heteroatoms. The number of ether oxygens (including phenoxy) is 3. The minimum absolute atomic E-state index is 0.00408. The molecule has 1 aliphatic heterocycles. The van der Waals surface area contributed by atoms with Crippen molar-refractivity contribution in [1.29, 1.82) is 0 Å². The van der Waals surface area contributed by atoms with E-state index in [1.165, 1.54) is 18.1 Å². The number of nitrogens with zero attached hydrogens (tertiary/aromatic N) is 1. The van der Waals surface area contributed by atoms with E-state index in [-0.39, 0.29) is 50.8 Å². The maximum Gasteiger partial charge on any atom is 0.290 e. The summed E-state index contributed by atoms with van der Waals surface area (Å²) < 4.78 is 18.0. The van der Waals surface area contributed by atoms with Gasteiger partial charge in [0.1, 0.15) is 12.2 Å². The summed E-state index contributed by atoms with van der Waals surface area (Å²) >= 11 is 2.02. The fourth-order valence-corrected chi connectivity index (χ4v) is 5.38. The van der Waals surface area contributed by atoms with Crippen LogP contribution in [0.2, 0.25) is 0 Å². The lowest BCUT2D eigenvalue weighted by Gasteiger charge is -2.41. The van der Waals surface area contributed by atoms with Crippen molar-refractivity contribution in [2.45, 2.75) is 63.6 Å². The number of hydrogen-bond donors (Lipinski definition) is 4. The molecule has 0 spiro atoms. The molecule has 1 aromatic rings. The molecule has 0 aromatic heterocycles. The molecule has 0 radical (unpaired) electrons. The zero-order valence-corrected chi connectivity index (χ0v) is 23.7. The van der Waals surface area contributed by atoms with Gasteiger partial charge in [-0.1, -0.05) is 6.92 Å². The van der Waals surface area contributed by atoms with Gasteiger partial charge in [-0.2, -0.15) is 0 Å². The first-order chi connectivity index (χ1) is 18.2. The quantitative estimate of drug-likeness (QED) is 0.190. The maximum absolute atomic E-state index is 13.2. The summed E-state index contributed by atoms with van der Waals surface area (Å²) in [5, 5.41) is 32.8. The van der Waals surface area contributed by atoms with Crippen LogP contribution in [0.15, 0.2) is 23.8 Å². The number of nitrogens with one attached hydrogen (secondary N) is 1. The first-order valence-corrected chi connectivity index (χ1v) is 13.7. The summed E-state index contributed by atoms with van der Waals surface area (Å²) in [5.74, 6) is -1.22. The van der Waals surface area contributed by atoms with Crippen LogP contribution in [-0.2, 0) is 25.7 Å². The number of ketones is 1. The Kier molecular flexibility index (Phi) is 11.3. The standard InChI is InChI=1S/C26H35IN2O9/c1-3-20(32)26(35)29(13-17-5-4-8-37-17)19-11-16(25(34)28-6-7-30)12-21(23(19)33)38-24-18(27)9-15(14-31)10-22(24)36-2/h9-10,12,17,19,21,23,30-31,33H,3-8,11,13-14H2,1-2H3,(H,28,34)/t17-,19+,21-,23-/m0/s1. The molecule has 0 saturated carbocycles. The number of halogens is 1. The van der Waals surface area contributed by atoms with Crippen molar-refractivity contribution < 1.29 is 43.9 Å².